The molecule has 1 aromatic heterocycles. The van der Waals surface area contributed by atoms with Gasteiger partial charge in [-0.15, -0.1) is 0 Å². The van der Waals surface area contributed by atoms with Crippen LogP contribution in [-0.2, 0) is 44.7 Å². The maximum atomic E-state index is 14.5. The molecule has 0 saturated carbocycles. The van der Waals surface area contributed by atoms with Gasteiger partial charge >= 0.3 is 11.9 Å². The molecule has 0 spiro atoms. The zero-order valence-electron chi connectivity index (χ0n) is 35.1. The minimum Gasteiger partial charge on any atom is -0.505 e. The van der Waals surface area contributed by atoms with Crippen molar-refractivity contribution in [3.05, 3.63) is 89.7 Å². The van der Waals surface area contributed by atoms with Gasteiger partial charge in [0.2, 0.25) is 29.5 Å². The van der Waals surface area contributed by atoms with E-state index in [2.05, 4.69) is 26.3 Å². The zero-order valence-corrected chi connectivity index (χ0v) is 35.1. The number of rotatable bonds is 9. The van der Waals surface area contributed by atoms with Crippen LogP contribution < -0.4 is 26.2 Å². The van der Waals surface area contributed by atoms with E-state index in [0.717, 1.165) is 5.69 Å². The van der Waals surface area contributed by atoms with E-state index in [1.165, 1.54) is 54.2 Å². The molecular formula is C43H52N8O11. The predicted octanol–water partition coefficient (Wildman–Crippen LogP) is 0.669. The third kappa shape index (κ3) is 11.0. The van der Waals surface area contributed by atoms with Crippen molar-refractivity contribution in [1.29, 1.82) is 0 Å². The van der Waals surface area contributed by atoms with E-state index in [1.54, 1.807) is 37.3 Å². The summed E-state index contributed by atoms with van der Waals surface area (Å²) in [7, 11) is 5.09. The second-order valence-electron chi connectivity index (χ2n) is 15.4. The number of likely N-dealkylation sites (N-methyl/N-ethyl adjacent to an activating group) is 1. The lowest BCUT2D eigenvalue weighted by atomic mass is 10.0. The van der Waals surface area contributed by atoms with E-state index in [1.807, 2.05) is 31.1 Å². The highest BCUT2D eigenvalue weighted by molar-refractivity contribution is 6.00. The van der Waals surface area contributed by atoms with E-state index >= 15 is 0 Å². The molecule has 0 aliphatic carbocycles. The number of benzene rings is 2. The molecular weight excluding hydrogens is 805 g/mol. The first-order valence-electron chi connectivity index (χ1n) is 20.2. The lowest BCUT2D eigenvalue weighted by Gasteiger charge is -2.34. The van der Waals surface area contributed by atoms with Crippen LogP contribution in [0.3, 0.4) is 0 Å². The number of pyridine rings is 1. The number of carbonyl (C=O) groups excluding carboxylic acids is 7. The van der Waals surface area contributed by atoms with Gasteiger partial charge in [-0.1, -0.05) is 49.4 Å². The largest absolute Gasteiger partial charge is 0.505 e. The van der Waals surface area contributed by atoms with Gasteiger partial charge in [0.15, 0.2) is 11.7 Å². The first kappa shape index (κ1) is 46.0. The second kappa shape index (κ2) is 20.5. The Morgan fingerprint density at radius 2 is 1.56 bits per heavy atom. The fraction of sp³-hybridized carbons (Fsp3) is 0.419. The number of fused-ring (bicyclic) bond motifs is 1. The number of nitrogens with zero attached hydrogens (tertiary/aromatic N) is 4. The minimum absolute atomic E-state index is 0.0364. The fourth-order valence-electron chi connectivity index (χ4n) is 7.35. The monoisotopic (exact) mass is 856 g/mol. The molecule has 19 nitrogen and oxygen atoms in total. The standard InChI is InChI=1S/C43H52N8O11/c1-6-28-41(59)51-21-11-14-30(51)42(60)50(5)31(22-25-16-18-27(19-17-25)49(3)4)38(56)46-29(23-33(53)54)37(55)48-35(26-12-8-7-9-13-26)43(61)62-24(2)34(39(57)45-28)47-40(58)36-32(52)15-10-20-44-36/h7-10,12-13,15-20,24,28-31,34-35,52H,6,11,14,21-23H2,1-5H3,(H,45,57)(H,46,56)(H,47,58)(H,48,55)(H,53,54)/t24-,28+,29-,30-,31-,34-,35-/m0/s1. The van der Waals surface area contributed by atoms with Crippen LogP contribution in [0.4, 0.5) is 5.69 Å². The number of hydrogen-bond donors (Lipinski definition) is 6. The molecule has 0 bridgehead atoms. The van der Waals surface area contributed by atoms with Crippen LogP contribution in [0, 0.1) is 0 Å². The maximum Gasteiger partial charge on any atom is 0.333 e. The Labute approximate surface area is 358 Å². The number of aromatic nitrogens is 1. The lowest BCUT2D eigenvalue weighted by molar-refractivity contribution is -0.155. The van der Waals surface area contributed by atoms with Crippen molar-refractivity contribution in [3.8, 4) is 5.75 Å². The minimum atomic E-state index is -1.78. The van der Waals surface area contributed by atoms with Gasteiger partial charge < -0.3 is 50.9 Å². The molecule has 0 unspecified atom stereocenters. The number of amides is 6. The van der Waals surface area contributed by atoms with Crippen molar-refractivity contribution < 1.29 is 53.3 Å². The van der Waals surface area contributed by atoms with E-state index in [0.29, 0.717) is 12.0 Å². The summed E-state index contributed by atoms with van der Waals surface area (Å²) in [5.41, 5.74) is 1.21. The fourth-order valence-corrected chi connectivity index (χ4v) is 7.35. The Kier molecular flexibility index (Phi) is 15.2. The van der Waals surface area contributed by atoms with Gasteiger partial charge in [-0.3, -0.25) is 33.6 Å². The highest BCUT2D eigenvalue weighted by atomic mass is 16.5. The molecule has 2 aliphatic heterocycles. The third-order valence-electron chi connectivity index (χ3n) is 10.9. The summed E-state index contributed by atoms with van der Waals surface area (Å²) in [6, 6.07) is 8.70. The molecule has 2 aliphatic rings. The molecule has 62 heavy (non-hydrogen) atoms. The number of nitrogens with one attached hydrogen (secondary N) is 4. The van der Waals surface area contributed by atoms with Crippen molar-refractivity contribution in [2.24, 2.45) is 0 Å². The molecule has 3 heterocycles. The molecule has 2 saturated heterocycles. The summed E-state index contributed by atoms with van der Waals surface area (Å²) in [6.07, 6.45) is -0.621. The van der Waals surface area contributed by atoms with Crippen molar-refractivity contribution in [3.63, 3.8) is 0 Å². The molecule has 0 radical (unpaired) electrons. The van der Waals surface area contributed by atoms with Gasteiger partial charge in [-0.05, 0) is 61.6 Å². The number of ether oxygens (including phenoxy) is 1. The van der Waals surface area contributed by atoms with Crippen LogP contribution in [0.5, 0.6) is 5.75 Å². The molecule has 5 rings (SSSR count). The van der Waals surface area contributed by atoms with Crippen LogP contribution >= 0.6 is 0 Å². The molecule has 6 N–H and O–H groups in total. The Balaban J connectivity index is 1.59. The number of anilines is 1. The molecule has 3 aromatic rings. The summed E-state index contributed by atoms with van der Waals surface area (Å²) in [5, 5.41) is 30.3. The quantitative estimate of drug-likeness (QED) is 0.162. The molecule has 2 fully saturated rings. The van der Waals surface area contributed by atoms with Crippen molar-refractivity contribution in [2.45, 2.75) is 88.3 Å². The number of esters is 1. The average Bonchev–Trinajstić information content (AvgIpc) is 3.74. The summed E-state index contributed by atoms with van der Waals surface area (Å²) >= 11 is 0. The van der Waals surface area contributed by atoms with Gasteiger partial charge in [0, 0.05) is 46.0 Å². The van der Waals surface area contributed by atoms with Crippen molar-refractivity contribution >= 4 is 53.1 Å². The van der Waals surface area contributed by atoms with Gasteiger partial charge in [-0.2, -0.15) is 0 Å². The van der Waals surface area contributed by atoms with Crippen LogP contribution in [0.15, 0.2) is 72.9 Å². The number of carboxylic acids is 1. The highest BCUT2D eigenvalue weighted by Crippen LogP contribution is 2.24. The van der Waals surface area contributed by atoms with Gasteiger partial charge in [0.25, 0.3) is 5.91 Å². The number of carbonyl (C=O) groups is 8. The molecule has 6 amide bonds. The van der Waals surface area contributed by atoms with Gasteiger partial charge in [0.1, 0.15) is 42.1 Å². The third-order valence-corrected chi connectivity index (χ3v) is 10.9. The molecule has 19 heteroatoms. The number of carboxylic acid groups (broad SMARTS) is 1. The normalized spacial score (nSPS) is 24.3. The first-order chi connectivity index (χ1) is 29.5. The molecule has 330 valence electrons. The zero-order chi connectivity index (χ0) is 45.2. The van der Waals surface area contributed by atoms with Crippen molar-refractivity contribution in [2.75, 3.05) is 32.6 Å². The first-order valence-corrected chi connectivity index (χ1v) is 20.2. The van der Waals surface area contributed by atoms with Crippen LogP contribution in [-0.4, -0.2) is 136 Å². The van der Waals surface area contributed by atoms with E-state index < -0.39 is 108 Å². The average molecular weight is 857 g/mol. The van der Waals surface area contributed by atoms with Gasteiger partial charge in [-0.25, -0.2) is 9.78 Å². The Bertz CT molecular complexity index is 2150. The number of hydrogen-bond acceptors (Lipinski definition) is 12. The van der Waals surface area contributed by atoms with Gasteiger partial charge in [0.05, 0.1) is 6.42 Å². The maximum absolute atomic E-state index is 14.5. The van der Waals surface area contributed by atoms with E-state index in [-0.39, 0.29) is 31.4 Å². The van der Waals surface area contributed by atoms with Crippen LogP contribution in [0.2, 0.25) is 0 Å². The SMILES string of the molecule is CC[C@H]1NC(=O)[C@@H](NC(=O)c2ncccc2O)[C@H](C)OC(=O)[C@H](c2ccccc2)NC(=O)[C@H](CC(=O)O)NC(=O)[C@H](Cc2ccc(N(C)C)cc2)N(C)C(=O)[C@@H]2CCCN2C1=O. The second-order valence-corrected chi connectivity index (χ2v) is 15.4. The Morgan fingerprint density at radius 3 is 2.19 bits per heavy atom. The molecule has 7 atom stereocenters. The Morgan fingerprint density at radius 1 is 0.887 bits per heavy atom. The van der Waals surface area contributed by atoms with Crippen LogP contribution in [0.1, 0.15) is 67.2 Å². The number of aromatic hydroxyl groups is 1. The summed E-state index contributed by atoms with van der Waals surface area (Å²) in [6.45, 7) is 3.04. The summed E-state index contributed by atoms with van der Waals surface area (Å²) in [4.78, 5) is 119. The van der Waals surface area contributed by atoms with E-state index in [9.17, 15) is 48.6 Å². The predicted molar refractivity (Wildman–Crippen MR) is 222 cm³/mol. The molecule has 2 aromatic carbocycles. The topological polar surface area (TPSA) is 257 Å². The highest BCUT2D eigenvalue weighted by Gasteiger charge is 2.43. The summed E-state index contributed by atoms with van der Waals surface area (Å²) in [5.74, 6) is -8.33. The summed E-state index contributed by atoms with van der Waals surface area (Å²) < 4.78 is 5.75. The lowest BCUT2D eigenvalue weighted by Crippen LogP contribution is -2.60. The number of aliphatic carboxylic acids is 1. The van der Waals surface area contributed by atoms with Crippen LogP contribution in [0.25, 0.3) is 0 Å². The van der Waals surface area contributed by atoms with Crippen molar-refractivity contribution in [1.82, 2.24) is 36.1 Å². The smallest absolute Gasteiger partial charge is 0.333 e. The van der Waals surface area contributed by atoms with E-state index in [4.69, 9.17) is 4.74 Å². The number of cyclic esters (lactones) is 1. The Hall–Kier alpha value is -7.05.